The van der Waals surface area contributed by atoms with Crippen LogP contribution >= 0.6 is 0 Å². The van der Waals surface area contributed by atoms with Gasteiger partial charge in [-0.15, -0.1) is 0 Å². The lowest BCUT2D eigenvalue weighted by molar-refractivity contribution is 0.303. The maximum absolute atomic E-state index is 10.7. The third kappa shape index (κ3) is 6.46. The highest BCUT2D eigenvalue weighted by atomic mass is 32.2. The van der Waals surface area contributed by atoms with E-state index in [1.807, 2.05) is 31.2 Å². The molecule has 0 aliphatic heterocycles. The van der Waals surface area contributed by atoms with E-state index in [9.17, 15) is 8.42 Å². The normalized spacial score (nSPS) is 11.2. The van der Waals surface area contributed by atoms with Crippen molar-refractivity contribution in [3.63, 3.8) is 0 Å². The van der Waals surface area contributed by atoms with Crippen molar-refractivity contribution < 1.29 is 17.9 Å². The average Bonchev–Trinajstić information content (AvgIpc) is 2.28. The first-order valence-corrected chi connectivity index (χ1v) is 7.59. The van der Waals surface area contributed by atoms with Crippen LogP contribution in [0.4, 0.5) is 0 Å². The molecule has 0 aliphatic rings. The summed E-state index contributed by atoms with van der Waals surface area (Å²) in [7, 11) is -3.36. The van der Waals surface area contributed by atoms with Crippen molar-refractivity contribution >= 4 is 10.0 Å². The number of sulfonamides is 1. The lowest BCUT2D eigenvalue weighted by atomic mass is 10.3. The molecule has 0 heterocycles. The Morgan fingerprint density at radius 2 is 1.83 bits per heavy atom. The maximum atomic E-state index is 10.7. The van der Waals surface area contributed by atoms with Crippen LogP contribution in [-0.2, 0) is 10.0 Å². The van der Waals surface area contributed by atoms with Gasteiger partial charge in [-0.2, -0.15) is 0 Å². The predicted octanol–water partition coefficient (Wildman–Crippen LogP) is 1.53. The van der Waals surface area contributed by atoms with E-state index < -0.39 is 10.0 Å². The molecule has 0 spiro atoms. The van der Waals surface area contributed by atoms with Crippen LogP contribution < -0.4 is 14.6 Å². The molecule has 0 atom stereocenters. The summed E-state index contributed by atoms with van der Waals surface area (Å²) in [6, 6.07) is 7.35. The fraction of sp³-hybridized carbons (Fsp3) is 0.500. The van der Waals surface area contributed by atoms with Crippen LogP contribution in [0.15, 0.2) is 24.3 Å². The van der Waals surface area contributed by atoms with E-state index in [0.717, 1.165) is 11.5 Å². The van der Waals surface area contributed by atoms with Crippen molar-refractivity contribution in [3.05, 3.63) is 24.3 Å². The van der Waals surface area contributed by atoms with Gasteiger partial charge < -0.3 is 9.47 Å². The molecule has 0 saturated carbocycles. The third-order valence-electron chi connectivity index (χ3n) is 2.21. The maximum Gasteiger partial charge on any atom is 0.209 e. The molecule has 0 saturated heterocycles. The number of nitrogens with two attached hydrogens (primary N) is 1. The molecule has 6 heteroatoms. The molecule has 0 aromatic heterocycles. The molecule has 0 fully saturated rings. The minimum absolute atomic E-state index is 0.00462. The van der Waals surface area contributed by atoms with Gasteiger partial charge in [0.25, 0.3) is 0 Å². The van der Waals surface area contributed by atoms with Gasteiger partial charge in [-0.1, -0.05) is 6.07 Å². The van der Waals surface area contributed by atoms with Crippen molar-refractivity contribution in [2.75, 3.05) is 19.0 Å². The van der Waals surface area contributed by atoms with E-state index in [2.05, 4.69) is 0 Å². The van der Waals surface area contributed by atoms with Crippen LogP contribution in [0.2, 0.25) is 0 Å². The second kappa shape index (κ2) is 7.23. The Morgan fingerprint density at radius 1 is 1.17 bits per heavy atom. The van der Waals surface area contributed by atoms with E-state index in [1.54, 1.807) is 0 Å². The van der Waals surface area contributed by atoms with Gasteiger partial charge in [0.2, 0.25) is 10.0 Å². The van der Waals surface area contributed by atoms with Crippen LogP contribution in [0.3, 0.4) is 0 Å². The molecule has 1 aromatic carbocycles. The zero-order valence-electron chi connectivity index (χ0n) is 10.5. The number of hydrogen-bond donors (Lipinski definition) is 1. The summed E-state index contributed by atoms with van der Waals surface area (Å²) in [5, 5.41) is 4.90. The van der Waals surface area contributed by atoms with Crippen LogP contribution in [0.25, 0.3) is 0 Å². The average molecular weight is 273 g/mol. The first-order chi connectivity index (χ1) is 8.51. The second-order valence-corrected chi connectivity index (χ2v) is 5.56. The Morgan fingerprint density at radius 3 is 2.44 bits per heavy atom. The molecule has 0 radical (unpaired) electrons. The van der Waals surface area contributed by atoms with Gasteiger partial charge in [0.1, 0.15) is 11.5 Å². The number of ether oxygens (including phenoxy) is 2. The monoisotopic (exact) mass is 273 g/mol. The van der Waals surface area contributed by atoms with Crippen molar-refractivity contribution in [3.8, 4) is 11.5 Å². The summed E-state index contributed by atoms with van der Waals surface area (Å²) in [6.07, 6.45) is 1.15. The molecular weight excluding hydrogens is 254 g/mol. The Hall–Kier alpha value is -1.27. The van der Waals surface area contributed by atoms with Gasteiger partial charge in [-0.3, -0.25) is 0 Å². The zero-order valence-corrected chi connectivity index (χ0v) is 11.3. The molecule has 5 nitrogen and oxygen atoms in total. The van der Waals surface area contributed by atoms with E-state index in [4.69, 9.17) is 14.6 Å². The Kier molecular flexibility index (Phi) is 5.94. The number of benzene rings is 1. The highest BCUT2D eigenvalue weighted by Crippen LogP contribution is 2.19. The Labute approximate surface area is 108 Å². The summed E-state index contributed by atoms with van der Waals surface area (Å²) in [5.41, 5.74) is 0. The van der Waals surface area contributed by atoms with Gasteiger partial charge >= 0.3 is 0 Å². The Bertz CT molecular complexity index is 459. The number of hydrogen-bond acceptors (Lipinski definition) is 4. The van der Waals surface area contributed by atoms with E-state index in [-0.39, 0.29) is 5.75 Å². The number of rotatable bonds is 8. The smallest absolute Gasteiger partial charge is 0.209 e. The van der Waals surface area contributed by atoms with Gasteiger partial charge in [0.05, 0.1) is 19.0 Å². The molecule has 102 valence electrons. The van der Waals surface area contributed by atoms with Gasteiger partial charge in [-0.25, -0.2) is 13.6 Å². The first-order valence-electron chi connectivity index (χ1n) is 5.87. The molecule has 2 N–H and O–H groups in total. The van der Waals surface area contributed by atoms with E-state index in [0.29, 0.717) is 26.1 Å². The standard InChI is InChI=1S/C12H19NO4S/c1-2-16-11-6-5-7-12(10-11)17-8-3-4-9-18(13,14)15/h5-7,10H,2-4,8-9H2,1H3,(H2,13,14,15). The van der Waals surface area contributed by atoms with Gasteiger partial charge in [0.15, 0.2) is 0 Å². The quantitative estimate of drug-likeness (QED) is 0.729. The SMILES string of the molecule is CCOc1cccc(OCCCCS(N)(=O)=O)c1. The molecule has 1 rings (SSSR count). The molecule has 0 unspecified atom stereocenters. The van der Waals surface area contributed by atoms with Crippen LogP contribution in [-0.4, -0.2) is 27.4 Å². The molecular formula is C12H19NO4S. The fourth-order valence-electron chi connectivity index (χ4n) is 1.42. The summed E-state index contributed by atoms with van der Waals surface area (Å²) < 4.78 is 32.2. The topological polar surface area (TPSA) is 78.6 Å². The van der Waals surface area contributed by atoms with Crippen LogP contribution in [0.1, 0.15) is 19.8 Å². The molecule has 0 amide bonds. The number of unbranched alkanes of at least 4 members (excludes halogenated alkanes) is 1. The van der Waals surface area contributed by atoms with E-state index >= 15 is 0 Å². The summed E-state index contributed by atoms with van der Waals surface area (Å²) in [6.45, 7) is 2.99. The van der Waals surface area contributed by atoms with Crippen LogP contribution in [0, 0.1) is 0 Å². The molecule has 0 aliphatic carbocycles. The second-order valence-electron chi connectivity index (χ2n) is 3.83. The summed E-state index contributed by atoms with van der Waals surface area (Å²) in [4.78, 5) is 0. The minimum Gasteiger partial charge on any atom is -0.494 e. The lowest BCUT2D eigenvalue weighted by Crippen LogP contribution is -2.16. The Balaban J connectivity index is 2.28. The van der Waals surface area contributed by atoms with Gasteiger partial charge in [0, 0.05) is 6.07 Å². The van der Waals surface area contributed by atoms with Gasteiger partial charge in [-0.05, 0) is 31.9 Å². The van der Waals surface area contributed by atoms with Crippen molar-refractivity contribution in [2.45, 2.75) is 19.8 Å². The molecule has 18 heavy (non-hydrogen) atoms. The van der Waals surface area contributed by atoms with Crippen LogP contribution in [0.5, 0.6) is 11.5 Å². The van der Waals surface area contributed by atoms with Crippen molar-refractivity contribution in [1.29, 1.82) is 0 Å². The lowest BCUT2D eigenvalue weighted by Gasteiger charge is -2.08. The highest BCUT2D eigenvalue weighted by Gasteiger charge is 2.02. The predicted molar refractivity (Wildman–Crippen MR) is 70.3 cm³/mol. The summed E-state index contributed by atoms with van der Waals surface area (Å²) >= 11 is 0. The zero-order chi connectivity index (χ0) is 13.4. The van der Waals surface area contributed by atoms with Crippen molar-refractivity contribution in [2.24, 2.45) is 5.14 Å². The van der Waals surface area contributed by atoms with Crippen molar-refractivity contribution in [1.82, 2.24) is 0 Å². The fourth-order valence-corrected chi connectivity index (χ4v) is 2.02. The molecule has 1 aromatic rings. The van der Waals surface area contributed by atoms with E-state index in [1.165, 1.54) is 0 Å². The first kappa shape index (κ1) is 14.8. The third-order valence-corrected chi connectivity index (χ3v) is 3.07. The minimum atomic E-state index is -3.36. The highest BCUT2D eigenvalue weighted by molar-refractivity contribution is 7.89. The summed E-state index contributed by atoms with van der Waals surface area (Å²) in [5.74, 6) is 1.48. The molecule has 0 bridgehead atoms. The number of primary sulfonamides is 1. The largest absolute Gasteiger partial charge is 0.494 e.